The molecule has 7 heteroatoms. The molecule has 2 heterocycles. The first kappa shape index (κ1) is 21.1. The minimum atomic E-state index is -0.359. The molecular formula is C23H30N2O4S. The Bertz CT molecular complexity index is 967. The second kappa shape index (κ2) is 8.17. The van der Waals surface area contributed by atoms with Crippen molar-refractivity contribution in [3.8, 4) is 0 Å². The Hall–Kier alpha value is -2.15. The molecule has 1 atom stereocenters. The molecule has 162 valence electrons. The van der Waals surface area contributed by atoms with Crippen LogP contribution in [0, 0.1) is 11.3 Å². The number of fused-ring (bicyclic) bond motifs is 2. The topological polar surface area (TPSA) is 81.4 Å². The van der Waals surface area contributed by atoms with Crippen molar-refractivity contribution in [1.29, 1.82) is 0 Å². The van der Waals surface area contributed by atoms with E-state index in [1.54, 1.807) is 6.92 Å². The first-order chi connectivity index (χ1) is 14.3. The molecule has 30 heavy (non-hydrogen) atoms. The number of anilines is 1. The number of nitrogens with zero attached hydrogens (tertiary/aromatic N) is 1. The van der Waals surface area contributed by atoms with Crippen LogP contribution in [0.1, 0.15) is 89.6 Å². The van der Waals surface area contributed by atoms with Gasteiger partial charge < -0.3 is 14.6 Å². The van der Waals surface area contributed by atoms with Crippen LogP contribution < -0.4 is 5.32 Å². The maximum Gasteiger partial charge on any atom is 0.341 e. The molecule has 4 rings (SSSR count). The lowest BCUT2D eigenvalue weighted by molar-refractivity contribution is 0.0526. The zero-order valence-electron chi connectivity index (χ0n) is 18.2. The second-order valence-corrected chi connectivity index (χ2v) is 10.4. The summed E-state index contributed by atoms with van der Waals surface area (Å²) in [5, 5.41) is 7.65. The third-order valence-corrected chi connectivity index (χ3v) is 7.56. The molecule has 0 fully saturated rings. The van der Waals surface area contributed by atoms with E-state index in [9.17, 15) is 9.59 Å². The average Bonchev–Trinajstić information content (AvgIpc) is 3.27. The fourth-order valence-corrected chi connectivity index (χ4v) is 5.83. The van der Waals surface area contributed by atoms with Gasteiger partial charge in [-0.05, 0) is 62.3 Å². The van der Waals surface area contributed by atoms with Gasteiger partial charge in [-0.1, -0.05) is 25.9 Å². The van der Waals surface area contributed by atoms with Gasteiger partial charge in [0.25, 0.3) is 5.91 Å². The molecule has 2 aromatic heterocycles. The standard InChI is InChI=1S/C23H30N2O4S/c1-5-28-22(27)18-14-8-6-7-9-17(14)30-21(18)24-20(26)19-15-12-13(23(2,3)4)10-11-16(15)29-25-19/h13H,5-12H2,1-4H3,(H,24,26). The smallest absolute Gasteiger partial charge is 0.341 e. The molecule has 0 saturated heterocycles. The van der Waals surface area contributed by atoms with Crippen LogP contribution in [-0.2, 0) is 30.4 Å². The van der Waals surface area contributed by atoms with Gasteiger partial charge in [0.2, 0.25) is 0 Å². The predicted molar refractivity (Wildman–Crippen MR) is 116 cm³/mol. The monoisotopic (exact) mass is 430 g/mol. The van der Waals surface area contributed by atoms with Crippen LogP contribution in [0.25, 0.3) is 0 Å². The molecule has 2 aromatic rings. The fraction of sp³-hybridized carbons (Fsp3) is 0.609. The first-order valence-electron chi connectivity index (χ1n) is 10.9. The van der Waals surface area contributed by atoms with Crippen molar-refractivity contribution >= 4 is 28.2 Å². The van der Waals surface area contributed by atoms with E-state index < -0.39 is 0 Å². The fourth-order valence-electron chi connectivity index (χ4n) is 4.56. The van der Waals surface area contributed by atoms with Gasteiger partial charge in [-0.3, -0.25) is 4.79 Å². The van der Waals surface area contributed by atoms with Crippen LogP contribution in [0.3, 0.4) is 0 Å². The van der Waals surface area contributed by atoms with Crippen molar-refractivity contribution in [1.82, 2.24) is 5.16 Å². The lowest BCUT2D eigenvalue weighted by Crippen LogP contribution is -2.27. The highest BCUT2D eigenvalue weighted by Gasteiger charge is 2.35. The molecule has 0 spiro atoms. The number of thiophene rings is 1. The number of hydrogen-bond donors (Lipinski definition) is 1. The van der Waals surface area contributed by atoms with Crippen molar-refractivity contribution in [3.63, 3.8) is 0 Å². The number of rotatable bonds is 4. The summed E-state index contributed by atoms with van der Waals surface area (Å²) < 4.78 is 10.8. The highest BCUT2D eigenvalue weighted by atomic mass is 32.1. The summed E-state index contributed by atoms with van der Waals surface area (Å²) in [6.45, 7) is 8.80. The Morgan fingerprint density at radius 3 is 2.70 bits per heavy atom. The maximum atomic E-state index is 13.2. The Kier molecular flexibility index (Phi) is 5.75. The van der Waals surface area contributed by atoms with Crippen LogP contribution in [0.4, 0.5) is 5.00 Å². The van der Waals surface area contributed by atoms with E-state index in [0.29, 0.717) is 28.8 Å². The largest absolute Gasteiger partial charge is 0.462 e. The summed E-state index contributed by atoms with van der Waals surface area (Å²) in [7, 11) is 0. The van der Waals surface area contributed by atoms with Gasteiger partial charge in [0.05, 0.1) is 12.2 Å². The summed E-state index contributed by atoms with van der Waals surface area (Å²) >= 11 is 1.49. The normalized spacial score (nSPS) is 18.5. The van der Waals surface area contributed by atoms with E-state index in [-0.39, 0.29) is 17.3 Å². The van der Waals surface area contributed by atoms with Gasteiger partial charge >= 0.3 is 5.97 Å². The Balaban J connectivity index is 1.62. The number of amides is 1. The van der Waals surface area contributed by atoms with E-state index in [1.165, 1.54) is 16.2 Å². The number of aryl methyl sites for hydroxylation is 2. The number of esters is 1. The number of nitrogens with one attached hydrogen (secondary N) is 1. The number of ether oxygens (including phenoxy) is 1. The van der Waals surface area contributed by atoms with E-state index in [2.05, 4.69) is 31.2 Å². The van der Waals surface area contributed by atoms with Crippen molar-refractivity contribution in [3.05, 3.63) is 33.0 Å². The van der Waals surface area contributed by atoms with E-state index >= 15 is 0 Å². The van der Waals surface area contributed by atoms with Crippen LogP contribution in [0.5, 0.6) is 0 Å². The molecule has 6 nitrogen and oxygen atoms in total. The predicted octanol–water partition coefficient (Wildman–Crippen LogP) is 5.19. The van der Waals surface area contributed by atoms with E-state index in [4.69, 9.17) is 9.26 Å². The van der Waals surface area contributed by atoms with E-state index in [0.717, 1.165) is 61.8 Å². The zero-order valence-corrected chi connectivity index (χ0v) is 19.0. The molecule has 1 amide bonds. The summed E-state index contributed by atoms with van der Waals surface area (Å²) in [6.07, 6.45) is 6.58. The highest BCUT2D eigenvalue weighted by molar-refractivity contribution is 7.17. The molecule has 1 unspecified atom stereocenters. The Morgan fingerprint density at radius 2 is 1.97 bits per heavy atom. The van der Waals surface area contributed by atoms with Gasteiger partial charge in [0, 0.05) is 16.9 Å². The molecule has 0 aliphatic heterocycles. The number of aromatic nitrogens is 1. The summed E-state index contributed by atoms with van der Waals surface area (Å²) in [5.41, 5.74) is 2.98. The van der Waals surface area contributed by atoms with Gasteiger partial charge in [-0.15, -0.1) is 11.3 Å². The number of carbonyl (C=O) groups is 2. The summed E-state index contributed by atoms with van der Waals surface area (Å²) in [4.78, 5) is 27.0. The molecule has 0 bridgehead atoms. The van der Waals surface area contributed by atoms with Crippen molar-refractivity contribution in [2.75, 3.05) is 11.9 Å². The number of hydrogen-bond acceptors (Lipinski definition) is 6. The highest BCUT2D eigenvalue weighted by Crippen LogP contribution is 2.40. The number of carbonyl (C=O) groups excluding carboxylic acids is 2. The Labute approximate surface area is 181 Å². The molecule has 0 aromatic carbocycles. The van der Waals surface area contributed by atoms with Crippen molar-refractivity contribution in [2.24, 2.45) is 11.3 Å². The van der Waals surface area contributed by atoms with Gasteiger partial charge in [0.1, 0.15) is 10.8 Å². The minimum absolute atomic E-state index is 0.159. The summed E-state index contributed by atoms with van der Waals surface area (Å²) in [6, 6.07) is 0. The van der Waals surface area contributed by atoms with Crippen LogP contribution >= 0.6 is 11.3 Å². The Morgan fingerprint density at radius 1 is 1.20 bits per heavy atom. The van der Waals surface area contributed by atoms with Gasteiger partial charge in [-0.25, -0.2) is 4.79 Å². The van der Waals surface area contributed by atoms with Crippen molar-refractivity contribution < 1.29 is 18.8 Å². The average molecular weight is 431 g/mol. The molecule has 0 radical (unpaired) electrons. The quantitative estimate of drug-likeness (QED) is 0.675. The van der Waals surface area contributed by atoms with Crippen LogP contribution in [-0.4, -0.2) is 23.6 Å². The maximum absolute atomic E-state index is 13.2. The van der Waals surface area contributed by atoms with Crippen molar-refractivity contribution in [2.45, 2.75) is 72.6 Å². The molecular weight excluding hydrogens is 400 g/mol. The third kappa shape index (κ3) is 3.92. The van der Waals surface area contributed by atoms with Crippen LogP contribution in [0.15, 0.2) is 4.52 Å². The lowest BCUT2D eigenvalue weighted by Gasteiger charge is -2.33. The van der Waals surface area contributed by atoms with Crippen LogP contribution in [0.2, 0.25) is 0 Å². The lowest BCUT2D eigenvalue weighted by atomic mass is 9.71. The minimum Gasteiger partial charge on any atom is -0.462 e. The molecule has 2 aliphatic carbocycles. The molecule has 0 saturated carbocycles. The zero-order chi connectivity index (χ0) is 21.5. The molecule has 1 N–H and O–H groups in total. The summed E-state index contributed by atoms with van der Waals surface area (Å²) in [5.74, 6) is 0.623. The SMILES string of the molecule is CCOC(=O)c1c(NC(=O)c2noc3c2CC(C(C)(C)C)CC3)sc2c1CCCC2. The second-order valence-electron chi connectivity index (χ2n) is 9.33. The van der Waals surface area contributed by atoms with E-state index in [1.807, 2.05) is 0 Å². The van der Waals surface area contributed by atoms with Gasteiger partial charge in [0.15, 0.2) is 5.69 Å². The first-order valence-corrected chi connectivity index (χ1v) is 11.7. The molecule has 2 aliphatic rings. The van der Waals surface area contributed by atoms with Gasteiger partial charge in [-0.2, -0.15) is 0 Å². The third-order valence-electron chi connectivity index (χ3n) is 6.36.